The Bertz CT molecular complexity index is 411. The second-order valence-electron chi connectivity index (χ2n) is 5.72. The van der Waals surface area contributed by atoms with Crippen LogP contribution in [0.4, 0.5) is 0 Å². The third-order valence-electron chi connectivity index (χ3n) is 4.25. The second-order valence-corrected chi connectivity index (χ2v) is 6.56. The quantitative estimate of drug-likeness (QED) is 0.777. The van der Waals surface area contributed by atoms with Crippen molar-refractivity contribution in [2.24, 2.45) is 11.8 Å². The Balaban J connectivity index is 2.21. The molecule has 2 rings (SSSR count). The van der Waals surface area contributed by atoms with Gasteiger partial charge in [-0.15, -0.1) is 0 Å². The molecular weight excluding hydrogens is 277 g/mol. The minimum atomic E-state index is 0.337. The predicted octanol–water partition coefficient (Wildman–Crippen LogP) is 5.47. The van der Waals surface area contributed by atoms with Crippen LogP contribution in [0.25, 0.3) is 0 Å². The molecule has 1 unspecified atom stereocenters. The lowest BCUT2D eigenvalue weighted by molar-refractivity contribution is 0.233. The van der Waals surface area contributed by atoms with Gasteiger partial charge in [0.1, 0.15) is 0 Å². The monoisotopic (exact) mass is 299 g/mol. The van der Waals surface area contributed by atoms with Crippen LogP contribution in [0.15, 0.2) is 18.2 Å². The van der Waals surface area contributed by atoms with Gasteiger partial charge in [0.25, 0.3) is 0 Å². The Hall–Kier alpha value is -0.240. The van der Waals surface area contributed by atoms with Gasteiger partial charge in [0.05, 0.1) is 0 Å². The zero-order valence-electron chi connectivity index (χ0n) is 11.8. The molecule has 0 amide bonds. The van der Waals surface area contributed by atoms with Gasteiger partial charge in [0, 0.05) is 16.1 Å². The summed E-state index contributed by atoms with van der Waals surface area (Å²) in [5.41, 5.74) is 1.16. The van der Waals surface area contributed by atoms with Crippen molar-refractivity contribution in [3.8, 4) is 0 Å². The minimum Gasteiger partial charge on any atom is -0.310 e. The molecule has 1 aliphatic carbocycles. The highest BCUT2D eigenvalue weighted by Gasteiger charge is 2.28. The average Bonchev–Trinajstić information content (AvgIpc) is 2.40. The largest absolute Gasteiger partial charge is 0.310 e. The van der Waals surface area contributed by atoms with Crippen LogP contribution in [-0.4, -0.2) is 6.54 Å². The van der Waals surface area contributed by atoms with Crippen LogP contribution in [0.1, 0.15) is 51.1 Å². The molecular formula is C16H23Cl2N. The Morgan fingerprint density at radius 1 is 1.21 bits per heavy atom. The predicted molar refractivity (Wildman–Crippen MR) is 84.0 cm³/mol. The molecule has 1 N–H and O–H groups in total. The maximum absolute atomic E-state index is 6.38. The van der Waals surface area contributed by atoms with E-state index in [9.17, 15) is 0 Å². The summed E-state index contributed by atoms with van der Waals surface area (Å²) in [6.07, 6.45) is 5.21. The van der Waals surface area contributed by atoms with Gasteiger partial charge in [-0.25, -0.2) is 0 Å². The number of hydrogen-bond donors (Lipinski definition) is 1. The van der Waals surface area contributed by atoms with Crippen molar-refractivity contribution in [1.29, 1.82) is 0 Å². The zero-order valence-corrected chi connectivity index (χ0v) is 13.3. The fourth-order valence-corrected chi connectivity index (χ4v) is 3.54. The fourth-order valence-electron chi connectivity index (χ4n) is 3.12. The van der Waals surface area contributed by atoms with Crippen LogP contribution in [0.3, 0.4) is 0 Å². The van der Waals surface area contributed by atoms with Gasteiger partial charge >= 0.3 is 0 Å². The zero-order chi connectivity index (χ0) is 13.8. The first-order chi connectivity index (χ1) is 9.11. The molecule has 0 aromatic heterocycles. The molecule has 106 valence electrons. The molecule has 1 saturated carbocycles. The van der Waals surface area contributed by atoms with E-state index in [0.717, 1.165) is 28.1 Å². The van der Waals surface area contributed by atoms with Crippen molar-refractivity contribution in [2.75, 3.05) is 6.54 Å². The van der Waals surface area contributed by atoms with E-state index in [1.165, 1.54) is 25.7 Å². The van der Waals surface area contributed by atoms with E-state index in [1.807, 2.05) is 18.2 Å². The molecule has 0 saturated heterocycles. The first kappa shape index (κ1) is 15.2. The maximum atomic E-state index is 6.38. The third kappa shape index (κ3) is 3.87. The highest BCUT2D eigenvalue weighted by Crippen LogP contribution is 2.39. The first-order valence-corrected chi connectivity index (χ1v) is 8.05. The van der Waals surface area contributed by atoms with E-state index in [4.69, 9.17) is 23.2 Å². The van der Waals surface area contributed by atoms with Gasteiger partial charge in [0.15, 0.2) is 0 Å². The van der Waals surface area contributed by atoms with Crippen LogP contribution in [0, 0.1) is 11.8 Å². The first-order valence-electron chi connectivity index (χ1n) is 7.30. The Kier molecular flexibility index (Phi) is 5.56. The summed E-state index contributed by atoms with van der Waals surface area (Å²) in [5.74, 6) is 1.54. The van der Waals surface area contributed by atoms with Gasteiger partial charge < -0.3 is 5.32 Å². The summed E-state index contributed by atoms with van der Waals surface area (Å²) in [4.78, 5) is 0. The number of rotatable bonds is 4. The number of hydrogen-bond acceptors (Lipinski definition) is 1. The third-order valence-corrected chi connectivity index (χ3v) is 4.83. The molecule has 0 bridgehead atoms. The average molecular weight is 300 g/mol. The minimum absolute atomic E-state index is 0.337. The van der Waals surface area contributed by atoms with Crippen molar-refractivity contribution >= 4 is 23.2 Å². The molecule has 1 atom stereocenters. The van der Waals surface area contributed by atoms with E-state index in [2.05, 4.69) is 19.2 Å². The fraction of sp³-hybridized carbons (Fsp3) is 0.625. The molecule has 0 radical (unpaired) electrons. The van der Waals surface area contributed by atoms with Crippen molar-refractivity contribution in [1.82, 2.24) is 5.32 Å². The summed E-state index contributed by atoms with van der Waals surface area (Å²) in [6.45, 7) is 5.46. The van der Waals surface area contributed by atoms with Crippen molar-refractivity contribution in [3.05, 3.63) is 33.8 Å². The smallest absolute Gasteiger partial charge is 0.0454 e. The molecule has 1 aliphatic rings. The second kappa shape index (κ2) is 6.97. The van der Waals surface area contributed by atoms with E-state index < -0.39 is 0 Å². The van der Waals surface area contributed by atoms with Crippen LogP contribution in [0.2, 0.25) is 10.0 Å². The SMILES string of the molecule is CCNC(c1cc(Cl)ccc1Cl)C1CCC(C)CC1. The van der Waals surface area contributed by atoms with Crippen molar-refractivity contribution < 1.29 is 0 Å². The lowest BCUT2D eigenvalue weighted by Gasteiger charge is -2.34. The van der Waals surface area contributed by atoms with E-state index in [-0.39, 0.29) is 0 Å². The molecule has 1 aromatic rings. The number of nitrogens with one attached hydrogen (secondary N) is 1. The normalized spacial score (nSPS) is 25.3. The van der Waals surface area contributed by atoms with Gasteiger partial charge in [-0.3, -0.25) is 0 Å². The Morgan fingerprint density at radius 2 is 1.89 bits per heavy atom. The van der Waals surface area contributed by atoms with Crippen molar-refractivity contribution in [2.45, 2.75) is 45.6 Å². The van der Waals surface area contributed by atoms with E-state index in [0.29, 0.717) is 12.0 Å². The molecule has 1 nitrogen and oxygen atoms in total. The van der Waals surface area contributed by atoms with Crippen LogP contribution < -0.4 is 5.32 Å². The summed E-state index contributed by atoms with van der Waals surface area (Å²) in [5, 5.41) is 5.21. The van der Waals surface area contributed by atoms with Crippen LogP contribution in [-0.2, 0) is 0 Å². The topological polar surface area (TPSA) is 12.0 Å². The summed E-state index contributed by atoms with van der Waals surface area (Å²) < 4.78 is 0. The lowest BCUT2D eigenvalue weighted by atomic mass is 9.77. The lowest BCUT2D eigenvalue weighted by Crippen LogP contribution is -2.31. The molecule has 1 aromatic carbocycles. The standard InChI is InChI=1S/C16H23Cl2N/c1-3-19-16(12-6-4-11(2)5-7-12)14-10-13(17)8-9-15(14)18/h8-12,16,19H,3-7H2,1-2H3. The van der Waals surface area contributed by atoms with Crippen LogP contribution in [0.5, 0.6) is 0 Å². The Morgan fingerprint density at radius 3 is 2.53 bits per heavy atom. The summed E-state index contributed by atoms with van der Waals surface area (Å²) >= 11 is 12.5. The van der Waals surface area contributed by atoms with Gasteiger partial charge in [-0.2, -0.15) is 0 Å². The van der Waals surface area contributed by atoms with Gasteiger partial charge in [-0.1, -0.05) is 49.9 Å². The molecule has 0 spiro atoms. The Labute approximate surface area is 126 Å². The van der Waals surface area contributed by atoms with Crippen LogP contribution >= 0.6 is 23.2 Å². The molecule has 1 fully saturated rings. The highest BCUT2D eigenvalue weighted by molar-refractivity contribution is 6.33. The van der Waals surface area contributed by atoms with Crippen molar-refractivity contribution in [3.63, 3.8) is 0 Å². The number of benzene rings is 1. The maximum Gasteiger partial charge on any atom is 0.0454 e. The van der Waals surface area contributed by atoms with Gasteiger partial charge in [-0.05, 0) is 55.0 Å². The highest BCUT2D eigenvalue weighted by atomic mass is 35.5. The summed E-state index contributed by atoms with van der Waals surface area (Å²) in [6, 6.07) is 6.13. The summed E-state index contributed by atoms with van der Waals surface area (Å²) in [7, 11) is 0. The van der Waals surface area contributed by atoms with E-state index >= 15 is 0 Å². The molecule has 0 heterocycles. The molecule has 3 heteroatoms. The molecule has 19 heavy (non-hydrogen) atoms. The molecule has 0 aliphatic heterocycles. The van der Waals surface area contributed by atoms with Gasteiger partial charge in [0.2, 0.25) is 0 Å². The number of halogens is 2. The van der Waals surface area contributed by atoms with E-state index in [1.54, 1.807) is 0 Å².